The van der Waals surface area contributed by atoms with Gasteiger partial charge in [-0.15, -0.1) is 0 Å². The van der Waals surface area contributed by atoms with E-state index >= 15 is 0 Å². The van der Waals surface area contributed by atoms with E-state index in [0.29, 0.717) is 26.9 Å². The second kappa shape index (κ2) is 8.11. The van der Waals surface area contributed by atoms with Crippen LogP contribution >= 0.6 is 23.2 Å². The Kier molecular flexibility index (Phi) is 5.37. The standard InChI is InChI=1S/C23H14Cl2N2O3/c24-15-5-1-3-13(9-15)21-18-8-7-17(11-20(18)30-22(27)19(21)12-26)29-23(28)14-4-2-6-16(25)10-14/h1-11,21H,27H2. The zero-order valence-corrected chi connectivity index (χ0v) is 16.9. The molecule has 0 saturated heterocycles. The van der Waals surface area contributed by atoms with Crippen LogP contribution in [0.1, 0.15) is 27.4 Å². The number of hydrogen-bond donors (Lipinski definition) is 1. The third kappa shape index (κ3) is 3.84. The lowest BCUT2D eigenvalue weighted by molar-refractivity contribution is 0.0734. The summed E-state index contributed by atoms with van der Waals surface area (Å²) in [6.45, 7) is 0. The highest BCUT2D eigenvalue weighted by molar-refractivity contribution is 6.31. The van der Waals surface area contributed by atoms with Gasteiger partial charge >= 0.3 is 5.97 Å². The molecule has 1 aliphatic heterocycles. The van der Waals surface area contributed by atoms with Gasteiger partial charge in [-0.3, -0.25) is 0 Å². The van der Waals surface area contributed by atoms with E-state index in [1.807, 2.05) is 6.07 Å². The van der Waals surface area contributed by atoms with Gasteiger partial charge in [0.05, 0.1) is 11.5 Å². The minimum atomic E-state index is -0.555. The molecule has 4 rings (SSSR count). The number of carbonyl (C=O) groups excluding carboxylic acids is 1. The van der Waals surface area contributed by atoms with Crippen LogP contribution in [0.5, 0.6) is 11.5 Å². The highest BCUT2D eigenvalue weighted by atomic mass is 35.5. The zero-order chi connectivity index (χ0) is 21.3. The summed E-state index contributed by atoms with van der Waals surface area (Å²) >= 11 is 12.1. The first-order valence-corrected chi connectivity index (χ1v) is 9.66. The van der Waals surface area contributed by atoms with E-state index in [4.69, 9.17) is 38.4 Å². The smallest absolute Gasteiger partial charge is 0.343 e. The predicted molar refractivity (Wildman–Crippen MR) is 114 cm³/mol. The average Bonchev–Trinajstić information content (AvgIpc) is 2.72. The van der Waals surface area contributed by atoms with Crippen molar-refractivity contribution >= 4 is 29.2 Å². The number of carbonyl (C=O) groups is 1. The van der Waals surface area contributed by atoms with Crippen LogP contribution in [0.3, 0.4) is 0 Å². The Bertz CT molecular complexity index is 1230. The van der Waals surface area contributed by atoms with Crippen LogP contribution in [0.25, 0.3) is 0 Å². The van der Waals surface area contributed by atoms with Crippen molar-refractivity contribution in [3.8, 4) is 17.6 Å². The van der Waals surface area contributed by atoms with Crippen molar-refractivity contribution in [1.82, 2.24) is 0 Å². The molecule has 3 aromatic rings. The van der Waals surface area contributed by atoms with E-state index in [0.717, 1.165) is 5.56 Å². The minimum absolute atomic E-state index is 0.00621. The Morgan fingerprint density at radius 1 is 1.03 bits per heavy atom. The number of hydrogen-bond acceptors (Lipinski definition) is 5. The molecule has 0 aromatic heterocycles. The Hall–Kier alpha value is -3.46. The second-order valence-electron chi connectivity index (χ2n) is 6.58. The number of benzene rings is 3. The molecule has 1 aliphatic rings. The van der Waals surface area contributed by atoms with Gasteiger partial charge in [0.1, 0.15) is 23.1 Å². The molecular weight excluding hydrogens is 423 g/mol. The van der Waals surface area contributed by atoms with E-state index < -0.39 is 11.9 Å². The van der Waals surface area contributed by atoms with Gasteiger partial charge in [0, 0.05) is 21.7 Å². The molecule has 30 heavy (non-hydrogen) atoms. The third-order valence-electron chi connectivity index (χ3n) is 4.64. The fourth-order valence-corrected chi connectivity index (χ4v) is 3.70. The Morgan fingerprint density at radius 2 is 1.77 bits per heavy atom. The summed E-state index contributed by atoms with van der Waals surface area (Å²) in [4.78, 5) is 12.4. The number of nitriles is 1. The number of allylic oxidation sites excluding steroid dienone is 1. The summed E-state index contributed by atoms with van der Waals surface area (Å²) < 4.78 is 11.1. The Morgan fingerprint density at radius 3 is 2.47 bits per heavy atom. The molecule has 0 fully saturated rings. The van der Waals surface area contributed by atoms with Gasteiger partial charge in [-0.25, -0.2) is 4.79 Å². The monoisotopic (exact) mass is 436 g/mol. The number of nitrogens with two attached hydrogens (primary N) is 1. The summed E-state index contributed by atoms with van der Waals surface area (Å²) in [5.74, 6) is -0.339. The fraction of sp³-hybridized carbons (Fsp3) is 0.0435. The van der Waals surface area contributed by atoms with Crippen molar-refractivity contribution < 1.29 is 14.3 Å². The van der Waals surface area contributed by atoms with E-state index in [-0.39, 0.29) is 17.2 Å². The third-order valence-corrected chi connectivity index (χ3v) is 5.11. The van der Waals surface area contributed by atoms with Crippen LogP contribution in [-0.2, 0) is 0 Å². The second-order valence-corrected chi connectivity index (χ2v) is 7.45. The quantitative estimate of drug-likeness (QED) is 0.436. The SMILES string of the molecule is N#CC1=C(N)Oc2cc(OC(=O)c3cccc(Cl)c3)ccc2C1c1cccc(Cl)c1. The summed E-state index contributed by atoms with van der Waals surface area (Å²) in [6.07, 6.45) is 0. The normalized spacial score (nSPS) is 15.0. The summed E-state index contributed by atoms with van der Waals surface area (Å²) in [7, 11) is 0. The highest BCUT2D eigenvalue weighted by Gasteiger charge is 2.31. The first-order valence-electron chi connectivity index (χ1n) is 8.91. The van der Waals surface area contributed by atoms with Gasteiger partial charge in [-0.1, -0.05) is 47.5 Å². The lowest BCUT2D eigenvalue weighted by Crippen LogP contribution is -2.21. The minimum Gasteiger partial charge on any atom is -0.440 e. The van der Waals surface area contributed by atoms with Gasteiger partial charge in [0.15, 0.2) is 0 Å². The molecule has 0 bridgehead atoms. The Balaban J connectivity index is 1.70. The van der Waals surface area contributed by atoms with Crippen molar-refractivity contribution in [3.63, 3.8) is 0 Å². The maximum Gasteiger partial charge on any atom is 0.343 e. The Labute approximate surface area is 182 Å². The van der Waals surface area contributed by atoms with E-state index in [1.54, 1.807) is 54.6 Å². The maximum absolute atomic E-state index is 12.4. The molecule has 5 nitrogen and oxygen atoms in total. The summed E-state index contributed by atoms with van der Waals surface area (Å²) in [5.41, 5.74) is 8.13. The lowest BCUT2D eigenvalue weighted by Gasteiger charge is -2.26. The molecular formula is C23H14Cl2N2O3. The number of esters is 1. The predicted octanol–water partition coefficient (Wildman–Crippen LogP) is 5.43. The zero-order valence-electron chi connectivity index (χ0n) is 15.4. The molecule has 0 radical (unpaired) electrons. The molecule has 148 valence electrons. The molecule has 3 aromatic carbocycles. The first-order chi connectivity index (χ1) is 14.5. The molecule has 1 atom stereocenters. The van der Waals surface area contributed by atoms with Gasteiger partial charge in [0.25, 0.3) is 0 Å². The van der Waals surface area contributed by atoms with Crippen LogP contribution in [0.4, 0.5) is 0 Å². The molecule has 1 heterocycles. The number of ether oxygens (including phenoxy) is 2. The van der Waals surface area contributed by atoms with E-state index in [2.05, 4.69) is 6.07 Å². The molecule has 0 aliphatic carbocycles. The number of halogens is 2. The first kappa shape index (κ1) is 19.8. The maximum atomic E-state index is 12.4. The van der Waals surface area contributed by atoms with Crippen LogP contribution in [-0.4, -0.2) is 5.97 Å². The van der Waals surface area contributed by atoms with Crippen LogP contribution in [0.15, 0.2) is 78.2 Å². The van der Waals surface area contributed by atoms with Gasteiger partial charge in [-0.2, -0.15) is 5.26 Å². The highest BCUT2D eigenvalue weighted by Crippen LogP contribution is 2.43. The van der Waals surface area contributed by atoms with Crippen molar-refractivity contribution in [2.45, 2.75) is 5.92 Å². The number of fused-ring (bicyclic) bond motifs is 1. The van der Waals surface area contributed by atoms with Crippen molar-refractivity contribution in [3.05, 3.63) is 105 Å². The lowest BCUT2D eigenvalue weighted by atomic mass is 9.83. The molecule has 0 saturated carbocycles. The number of nitrogens with zero attached hydrogens (tertiary/aromatic N) is 1. The molecule has 0 spiro atoms. The van der Waals surface area contributed by atoms with Crippen LogP contribution < -0.4 is 15.2 Å². The molecule has 0 amide bonds. The van der Waals surface area contributed by atoms with E-state index in [1.165, 1.54) is 6.07 Å². The number of rotatable bonds is 3. The van der Waals surface area contributed by atoms with Gasteiger partial charge in [-0.05, 0) is 42.0 Å². The van der Waals surface area contributed by atoms with Crippen molar-refractivity contribution in [2.75, 3.05) is 0 Å². The van der Waals surface area contributed by atoms with Crippen molar-refractivity contribution in [1.29, 1.82) is 5.26 Å². The van der Waals surface area contributed by atoms with Gasteiger partial charge < -0.3 is 15.2 Å². The summed E-state index contributed by atoms with van der Waals surface area (Å²) in [5, 5.41) is 10.6. The summed E-state index contributed by atoms with van der Waals surface area (Å²) in [6, 6.07) is 20.7. The van der Waals surface area contributed by atoms with Gasteiger partial charge in [0.2, 0.25) is 5.88 Å². The fourth-order valence-electron chi connectivity index (χ4n) is 3.31. The average molecular weight is 437 g/mol. The van der Waals surface area contributed by atoms with E-state index in [9.17, 15) is 10.1 Å². The van der Waals surface area contributed by atoms with Crippen LogP contribution in [0, 0.1) is 11.3 Å². The van der Waals surface area contributed by atoms with Crippen LogP contribution in [0.2, 0.25) is 10.0 Å². The van der Waals surface area contributed by atoms with Crippen molar-refractivity contribution in [2.24, 2.45) is 5.73 Å². The molecule has 1 unspecified atom stereocenters. The molecule has 2 N–H and O–H groups in total. The largest absolute Gasteiger partial charge is 0.440 e. The molecule has 7 heteroatoms. The topological polar surface area (TPSA) is 85.3 Å².